The van der Waals surface area contributed by atoms with E-state index in [2.05, 4.69) is 29.3 Å². The zero-order valence-electron chi connectivity index (χ0n) is 18.1. The molecule has 3 rings (SSSR count). The molecule has 0 bridgehead atoms. The summed E-state index contributed by atoms with van der Waals surface area (Å²) in [7, 11) is 0. The normalized spacial score (nSPS) is 15.8. The second-order valence-electron chi connectivity index (χ2n) is 8.23. The Hall–Kier alpha value is -2.66. The van der Waals surface area contributed by atoms with Crippen molar-refractivity contribution in [2.75, 3.05) is 36.4 Å². The highest BCUT2D eigenvalue weighted by atomic mass is 16.2. The van der Waals surface area contributed by atoms with E-state index in [0.29, 0.717) is 0 Å². The third-order valence-electron chi connectivity index (χ3n) is 5.98. The number of aryl methyl sites for hydroxylation is 3. The third-order valence-corrected chi connectivity index (χ3v) is 5.98. The van der Waals surface area contributed by atoms with Gasteiger partial charge in [-0.1, -0.05) is 17.7 Å². The molecule has 1 aliphatic rings. The van der Waals surface area contributed by atoms with Gasteiger partial charge in [0, 0.05) is 16.9 Å². The van der Waals surface area contributed by atoms with Crippen LogP contribution >= 0.6 is 0 Å². The van der Waals surface area contributed by atoms with Crippen LogP contribution in [0.1, 0.15) is 40.9 Å². The number of ketones is 1. The number of carbonyl (C=O) groups is 2. The molecular formula is C24H32N3O2+. The van der Waals surface area contributed by atoms with Gasteiger partial charge in [0.2, 0.25) is 0 Å². The summed E-state index contributed by atoms with van der Waals surface area (Å²) < 4.78 is 0. The second-order valence-corrected chi connectivity index (χ2v) is 8.23. The van der Waals surface area contributed by atoms with Crippen molar-refractivity contribution >= 4 is 23.1 Å². The predicted molar refractivity (Wildman–Crippen MR) is 118 cm³/mol. The minimum Gasteiger partial charge on any atom is -0.360 e. The molecule has 5 heteroatoms. The number of hydrogen-bond donors (Lipinski definition) is 2. The highest BCUT2D eigenvalue weighted by Crippen LogP contribution is 2.22. The van der Waals surface area contributed by atoms with Crippen LogP contribution in [-0.4, -0.2) is 43.9 Å². The van der Waals surface area contributed by atoms with E-state index in [1.165, 1.54) is 10.5 Å². The van der Waals surface area contributed by atoms with Crippen LogP contribution in [0.15, 0.2) is 36.4 Å². The van der Waals surface area contributed by atoms with Gasteiger partial charge >= 0.3 is 0 Å². The van der Waals surface area contributed by atoms with Crippen LogP contribution < -0.4 is 15.1 Å². The van der Waals surface area contributed by atoms with Crippen molar-refractivity contribution < 1.29 is 14.5 Å². The topological polar surface area (TPSA) is 53.9 Å². The molecule has 0 aromatic heterocycles. The fourth-order valence-electron chi connectivity index (χ4n) is 4.19. The maximum Gasteiger partial charge on any atom is 0.282 e. The number of nitrogens with one attached hydrogen (secondary N) is 2. The van der Waals surface area contributed by atoms with Gasteiger partial charge in [-0.15, -0.1) is 0 Å². The summed E-state index contributed by atoms with van der Waals surface area (Å²) in [4.78, 5) is 28.0. The monoisotopic (exact) mass is 394 g/mol. The zero-order chi connectivity index (χ0) is 21.1. The summed E-state index contributed by atoms with van der Waals surface area (Å²) in [5.41, 5.74) is 6.25. The molecule has 154 valence electrons. The molecule has 1 heterocycles. The third kappa shape index (κ3) is 4.85. The van der Waals surface area contributed by atoms with Gasteiger partial charge in [-0.25, -0.2) is 0 Å². The number of carbonyl (C=O) groups excluding carboxylic acids is 2. The molecule has 2 aromatic rings. The van der Waals surface area contributed by atoms with E-state index in [-0.39, 0.29) is 17.7 Å². The van der Waals surface area contributed by atoms with Crippen LogP contribution in [0, 0.1) is 20.8 Å². The summed E-state index contributed by atoms with van der Waals surface area (Å²) in [6, 6.07) is 11.9. The van der Waals surface area contributed by atoms with Crippen molar-refractivity contribution in [2.45, 2.75) is 40.7 Å². The van der Waals surface area contributed by atoms with E-state index in [1.807, 2.05) is 45.0 Å². The van der Waals surface area contributed by atoms with Crippen LogP contribution in [0.25, 0.3) is 0 Å². The Labute approximate surface area is 173 Å². The maximum atomic E-state index is 12.9. The van der Waals surface area contributed by atoms with E-state index < -0.39 is 0 Å². The number of nitrogens with zero attached hydrogens (tertiary/aromatic N) is 1. The van der Waals surface area contributed by atoms with Crippen molar-refractivity contribution in [3.8, 4) is 0 Å². The van der Waals surface area contributed by atoms with Crippen LogP contribution in [0.2, 0.25) is 0 Å². The lowest BCUT2D eigenvalue weighted by molar-refractivity contribution is -0.914. The van der Waals surface area contributed by atoms with E-state index in [1.54, 1.807) is 6.92 Å². The van der Waals surface area contributed by atoms with Crippen molar-refractivity contribution in [1.82, 2.24) is 0 Å². The second kappa shape index (κ2) is 8.78. The van der Waals surface area contributed by atoms with Crippen LogP contribution in [0.3, 0.4) is 0 Å². The molecule has 0 radical (unpaired) electrons. The molecule has 2 aromatic carbocycles. The lowest BCUT2D eigenvalue weighted by atomic mass is 10.0. The van der Waals surface area contributed by atoms with Gasteiger partial charge in [-0.3, -0.25) is 9.59 Å². The fourth-order valence-corrected chi connectivity index (χ4v) is 4.19. The average molecular weight is 395 g/mol. The molecule has 0 aliphatic carbocycles. The quantitative estimate of drug-likeness (QED) is 0.767. The number of piperazine rings is 1. The van der Waals surface area contributed by atoms with E-state index in [4.69, 9.17) is 0 Å². The van der Waals surface area contributed by atoms with Crippen LogP contribution in [0.5, 0.6) is 0 Å². The lowest BCUT2D eigenvalue weighted by Gasteiger charge is -2.36. The zero-order valence-corrected chi connectivity index (χ0v) is 18.1. The Bertz CT molecular complexity index is 874. The molecule has 0 unspecified atom stereocenters. The Morgan fingerprint density at radius 3 is 2.07 bits per heavy atom. The first-order valence-electron chi connectivity index (χ1n) is 10.4. The van der Waals surface area contributed by atoms with Crippen molar-refractivity contribution in [1.29, 1.82) is 0 Å². The Morgan fingerprint density at radius 1 is 1.00 bits per heavy atom. The standard InChI is InChI=1S/C24H31N3O2/c1-16-14-17(2)23(18(3)15-16)25-24(29)19(4)26-10-12-27(13-11-26)22-8-6-21(7-9-22)20(5)28/h6-9,14-15,19H,10-13H2,1-5H3,(H,25,29)/p+1/t19-/m1/s1. The van der Waals surface area contributed by atoms with Crippen LogP contribution in [0.4, 0.5) is 11.4 Å². The molecule has 2 N–H and O–H groups in total. The number of quaternary nitrogens is 1. The van der Waals surface area contributed by atoms with Gasteiger partial charge < -0.3 is 15.1 Å². The molecule has 29 heavy (non-hydrogen) atoms. The van der Waals surface area contributed by atoms with Gasteiger partial charge in [0.25, 0.3) is 5.91 Å². The molecule has 1 amide bonds. The van der Waals surface area contributed by atoms with E-state index in [9.17, 15) is 9.59 Å². The number of anilines is 2. The molecule has 0 saturated carbocycles. The van der Waals surface area contributed by atoms with Crippen molar-refractivity contribution in [2.24, 2.45) is 0 Å². The molecule has 0 spiro atoms. The van der Waals surface area contributed by atoms with Gasteiger partial charge in [0.05, 0.1) is 26.2 Å². The number of benzene rings is 2. The van der Waals surface area contributed by atoms with E-state index >= 15 is 0 Å². The molecule has 1 aliphatic heterocycles. The number of rotatable bonds is 5. The number of hydrogen-bond acceptors (Lipinski definition) is 3. The number of amides is 1. The average Bonchev–Trinajstić information content (AvgIpc) is 2.70. The highest BCUT2D eigenvalue weighted by molar-refractivity contribution is 5.95. The first kappa shape index (κ1) is 21.1. The largest absolute Gasteiger partial charge is 0.360 e. The van der Waals surface area contributed by atoms with Gasteiger partial charge in [0.1, 0.15) is 0 Å². The smallest absolute Gasteiger partial charge is 0.282 e. The molecule has 1 fully saturated rings. The summed E-state index contributed by atoms with van der Waals surface area (Å²) in [5, 5.41) is 3.16. The predicted octanol–water partition coefficient (Wildman–Crippen LogP) is 2.55. The van der Waals surface area contributed by atoms with Gasteiger partial charge in [-0.05, 0) is 70.0 Å². The van der Waals surface area contributed by atoms with Crippen molar-refractivity contribution in [3.63, 3.8) is 0 Å². The summed E-state index contributed by atoms with van der Waals surface area (Å²) in [6.45, 7) is 13.4. The Morgan fingerprint density at radius 2 is 1.55 bits per heavy atom. The minimum absolute atomic E-state index is 0.0781. The summed E-state index contributed by atoms with van der Waals surface area (Å²) >= 11 is 0. The molecule has 1 atom stereocenters. The maximum absolute atomic E-state index is 12.9. The van der Waals surface area contributed by atoms with E-state index in [0.717, 1.165) is 54.2 Å². The lowest BCUT2D eigenvalue weighted by Crippen LogP contribution is -3.19. The van der Waals surface area contributed by atoms with Crippen molar-refractivity contribution in [3.05, 3.63) is 58.7 Å². The van der Waals surface area contributed by atoms with Gasteiger partial charge in [-0.2, -0.15) is 0 Å². The first-order valence-corrected chi connectivity index (χ1v) is 10.4. The number of Topliss-reactive ketones (excluding diaryl/α,β-unsaturated/α-hetero) is 1. The summed E-state index contributed by atoms with van der Waals surface area (Å²) in [6.07, 6.45) is 0. The first-order chi connectivity index (χ1) is 13.8. The molecule has 1 saturated heterocycles. The van der Waals surface area contributed by atoms with Crippen LogP contribution in [-0.2, 0) is 4.79 Å². The van der Waals surface area contributed by atoms with Gasteiger partial charge in [0.15, 0.2) is 11.8 Å². The fraction of sp³-hybridized carbons (Fsp3) is 0.417. The Kier molecular flexibility index (Phi) is 6.38. The minimum atomic E-state index is -0.0997. The molecule has 5 nitrogen and oxygen atoms in total. The SMILES string of the molecule is CC(=O)c1ccc(N2CC[NH+]([C@H](C)C(=O)Nc3c(C)cc(C)cc3C)CC2)cc1. The molecular weight excluding hydrogens is 362 g/mol. The summed E-state index contributed by atoms with van der Waals surface area (Å²) in [5.74, 6) is 0.166. The Balaban J connectivity index is 1.59. The highest BCUT2D eigenvalue weighted by Gasteiger charge is 2.29.